The Labute approximate surface area is 176 Å². The molecule has 2 aromatic rings. The van der Waals surface area contributed by atoms with Crippen molar-refractivity contribution in [3.8, 4) is 0 Å². The van der Waals surface area contributed by atoms with Gasteiger partial charge in [-0.2, -0.15) is 5.10 Å². The van der Waals surface area contributed by atoms with Crippen LogP contribution in [0.25, 0.3) is 0 Å². The van der Waals surface area contributed by atoms with Gasteiger partial charge in [-0.1, -0.05) is 6.07 Å². The molecule has 2 aliphatic heterocycles. The van der Waals surface area contributed by atoms with Crippen LogP contribution in [0.5, 0.6) is 0 Å². The lowest BCUT2D eigenvalue weighted by molar-refractivity contribution is -0.00805. The van der Waals surface area contributed by atoms with E-state index in [9.17, 15) is 4.39 Å². The molecule has 1 atom stereocenters. The van der Waals surface area contributed by atoms with E-state index in [1.54, 1.807) is 17.8 Å². The highest BCUT2D eigenvalue weighted by molar-refractivity contribution is 5.80. The van der Waals surface area contributed by atoms with Crippen LogP contribution in [0.2, 0.25) is 0 Å². The number of hydrogen-bond donors (Lipinski definition) is 1. The predicted molar refractivity (Wildman–Crippen MR) is 113 cm³/mol. The number of aliphatic imine (C=N–C) groups is 1. The van der Waals surface area contributed by atoms with E-state index in [4.69, 9.17) is 9.47 Å². The number of hydrogen-bond acceptors (Lipinski definition) is 5. The first-order chi connectivity index (χ1) is 14.6. The topological polar surface area (TPSA) is 67.2 Å². The van der Waals surface area contributed by atoms with Gasteiger partial charge in [0.2, 0.25) is 0 Å². The molecular formula is C21H29FN6O2. The van der Waals surface area contributed by atoms with Gasteiger partial charge in [-0.25, -0.2) is 4.39 Å². The van der Waals surface area contributed by atoms with Gasteiger partial charge in [0, 0.05) is 52.0 Å². The summed E-state index contributed by atoms with van der Waals surface area (Å²) >= 11 is 0. The van der Waals surface area contributed by atoms with Crippen molar-refractivity contribution in [2.24, 2.45) is 12.0 Å². The number of ether oxygens (including phenoxy) is 2. The van der Waals surface area contributed by atoms with Crippen LogP contribution in [0.3, 0.4) is 0 Å². The van der Waals surface area contributed by atoms with E-state index in [0.717, 1.165) is 36.7 Å². The maximum atomic E-state index is 14.7. The number of benzene rings is 1. The standard InChI is InChI=1S/C21H29FN6O2/c1-23-21(28-7-10-30-20(15-28)17-13-25-26(2)14-17)24-12-16-3-4-19(18(22)11-16)27-5-8-29-9-6-27/h3-4,11,13-14,20H,5-10,12,15H2,1-2H3,(H,23,24). The first-order valence-corrected chi connectivity index (χ1v) is 10.3. The Morgan fingerprint density at radius 3 is 2.80 bits per heavy atom. The van der Waals surface area contributed by atoms with Crippen molar-refractivity contribution in [3.63, 3.8) is 0 Å². The van der Waals surface area contributed by atoms with Gasteiger partial charge in [0.05, 0.1) is 38.2 Å². The lowest BCUT2D eigenvalue weighted by Gasteiger charge is -2.34. The van der Waals surface area contributed by atoms with Crippen LogP contribution < -0.4 is 10.2 Å². The molecule has 1 unspecified atom stereocenters. The quantitative estimate of drug-likeness (QED) is 0.603. The average molecular weight is 417 g/mol. The van der Waals surface area contributed by atoms with E-state index in [-0.39, 0.29) is 11.9 Å². The van der Waals surface area contributed by atoms with Crippen LogP contribution in [0.15, 0.2) is 35.6 Å². The fourth-order valence-corrected chi connectivity index (χ4v) is 3.88. The minimum Gasteiger partial charge on any atom is -0.378 e. The number of morpholine rings is 2. The smallest absolute Gasteiger partial charge is 0.194 e. The second-order valence-electron chi connectivity index (χ2n) is 7.54. The molecule has 1 N–H and O–H groups in total. The number of guanidine groups is 1. The number of anilines is 1. The third-order valence-corrected chi connectivity index (χ3v) is 5.49. The molecule has 8 nitrogen and oxygen atoms in total. The van der Waals surface area contributed by atoms with Crippen LogP contribution in [0.1, 0.15) is 17.2 Å². The van der Waals surface area contributed by atoms with Crippen molar-refractivity contribution in [2.75, 3.05) is 57.9 Å². The van der Waals surface area contributed by atoms with Crippen LogP contribution in [-0.2, 0) is 23.1 Å². The molecule has 0 spiro atoms. The molecule has 1 aromatic heterocycles. The molecule has 2 saturated heterocycles. The molecule has 4 rings (SSSR count). The number of rotatable bonds is 4. The van der Waals surface area contributed by atoms with Gasteiger partial charge >= 0.3 is 0 Å². The molecule has 162 valence electrons. The highest BCUT2D eigenvalue weighted by atomic mass is 19.1. The first-order valence-electron chi connectivity index (χ1n) is 10.3. The molecule has 9 heteroatoms. The minimum atomic E-state index is -0.200. The largest absolute Gasteiger partial charge is 0.378 e. The summed E-state index contributed by atoms with van der Waals surface area (Å²) in [6.45, 7) is 5.27. The van der Waals surface area contributed by atoms with Crippen molar-refractivity contribution in [3.05, 3.63) is 47.5 Å². The van der Waals surface area contributed by atoms with Gasteiger partial charge in [-0.15, -0.1) is 0 Å². The highest BCUT2D eigenvalue weighted by Crippen LogP contribution is 2.23. The van der Waals surface area contributed by atoms with Gasteiger partial charge in [0.1, 0.15) is 11.9 Å². The van der Waals surface area contributed by atoms with E-state index < -0.39 is 0 Å². The summed E-state index contributed by atoms with van der Waals surface area (Å²) in [5.41, 5.74) is 2.57. The monoisotopic (exact) mass is 416 g/mol. The highest BCUT2D eigenvalue weighted by Gasteiger charge is 2.25. The number of aromatic nitrogens is 2. The number of aryl methyl sites for hydroxylation is 1. The average Bonchev–Trinajstić information content (AvgIpc) is 3.21. The summed E-state index contributed by atoms with van der Waals surface area (Å²) in [5, 5.41) is 7.59. The second-order valence-corrected chi connectivity index (χ2v) is 7.54. The zero-order valence-electron chi connectivity index (χ0n) is 17.6. The third kappa shape index (κ3) is 4.73. The Morgan fingerprint density at radius 1 is 1.27 bits per heavy atom. The number of nitrogens with zero attached hydrogens (tertiary/aromatic N) is 5. The van der Waals surface area contributed by atoms with Crippen LogP contribution in [-0.4, -0.2) is 73.7 Å². The molecule has 0 amide bonds. The molecule has 0 saturated carbocycles. The van der Waals surface area contributed by atoms with Crippen molar-refractivity contribution in [2.45, 2.75) is 12.6 Å². The number of nitrogens with one attached hydrogen (secondary N) is 1. The molecule has 30 heavy (non-hydrogen) atoms. The molecule has 2 aliphatic rings. The Kier molecular flexibility index (Phi) is 6.49. The summed E-state index contributed by atoms with van der Waals surface area (Å²) in [6, 6.07) is 5.42. The lowest BCUT2D eigenvalue weighted by Crippen LogP contribution is -2.47. The molecule has 1 aromatic carbocycles. The van der Waals surface area contributed by atoms with Gasteiger partial charge in [-0.05, 0) is 17.7 Å². The zero-order chi connectivity index (χ0) is 20.9. The SMILES string of the molecule is CN=C(NCc1ccc(N2CCOCC2)c(F)c1)N1CCOC(c2cnn(C)c2)C1. The van der Waals surface area contributed by atoms with Crippen molar-refractivity contribution in [1.82, 2.24) is 20.0 Å². The van der Waals surface area contributed by atoms with E-state index >= 15 is 0 Å². The van der Waals surface area contributed by atoms with Gasteiger partial charge in [-0.3, -0.25) is 9.67 Å². The fourth-order valence-electron chi connectivity index (χ4n) is 3.88. The summed E-state index contributed by atoms with van der Waals surface area (Å²) < 4.78 is 27.7. The Bertz CT molecular complexity index is 880. The van der Waals surface area contributed by atoms with Crippen LogP contribution >= 0.6 is 0 Å². The second kappa shape index (κ2) is 9.44. The Balaban J connectivity index is 1.36. The fraction of sp³-hybridized carbons (Fsp3) is 0.524. The summed E-state index contributed by atoms with van der Waals surface area (Å²) in [5.74, 6) is 0.582. The van der Waals surface area contributed by atoms with Crippen molar-refractivity contribution >= 4 is 11.6 Å². The molecule has 0 bridgehead atoms. The Hall–Kier alpha value is -2.65. The van der Waals surface area contributed by atoms with E-state index in [1.807, 2.05) is 36.5 Å². The molecule has 0 aliphatic carbocycles. The minimum absolute atomic E-state index is 0.0451. The maximum absolute atomic E-state index is 14.7. The normalized spacial score (nSPS) is 20.5. The first kappa shape index (κ1) is 20.6. The summed E-state index contributed by atoms with van der Waals surface area (Å²) in [4.78, 5) is 8.61. The molecule has 0 radical (unpaired) electrons. The lowest BCUT2D eigenvalue weighted by atomic mass is 10.1. The van der Waals surface area contributed by atoms with Gasteiger partial charge < -0.3 is 24.6 Å². The molecule has 3 heterocycles. The third-order valence-electron chi connectivity index (χ3n) is 5.49. The van der Waals surface area contributed by atoms with Crippen LogP contribution in [0.4, 0.5) is 10.1 Å². The molecular weight excluding hydrogens is 387 g/mol. The van der Waals surface area contributed by atoms with E-state index in [1.165, 1.54) is 0 Å². The predicted octanol–water partition coefficient (Wildman–Crippen LogP) is 1.54. The van der Waals surface area contributed by atoms with E-state index in [0.29, 0.717) is 38.6 Å². The number of halogens is 1. The summed E-state index contributed by atoms with van der Waals surface area (Å²) in [6.07, 6.45) is 3.77. The maximum Gasteiger partial charge on any atom is 0.194 e. The van der Waals surface area contributed by atoms with E-state index in [2.05, 4.69) is 20.3 Å². The van der Waals surface area contributed by atoms with Gasteiger partial charge in [0.25, 0.3) is 0 Å². The molecule has 2 fully saturated rings. The van der Waals surface area contributed by atoms with Crippen LogP contribution in [0, 0.1) is 5.82 Å². The zero-order valence-corrected chi connectivity index (χ0v) is 17.6. The van der Waals surface area contributed by atoms with Crippen molar-refractivity contribution in [1.29, 1.82) is 0 Å². The van der Waals surface area contributed by atoms with Crippen molar-refractivity contribution < 1.29 is 13.9 Å². The Morgan fingerprint density at radius 2 is 2.10 bits per heavy atom. The van der Waals surface area contributed by atoms with Gasteiger partial charge in [0.15, 0.2) is 5.96 Å². The summed E-state index contributed by atoms with van der Waals surface area (Å²) in [7, 11) is 3.66.